The largest absolute Gasteiger partial charge is 0.511 e. The van der Waals surface area contributed by atoms with Crippen LogP contribution >= 0.6 is 0 Å². The molecular weight excluding hydrogens is 478 g/mol. The van der Waals surface area contributed by atoms with Crippen LogP contribution in [0, 0.1) is 17.8 Å². The zero-order valence-corrected chi connectivity index (χ0v) is 20.5. The topological polar surface area (TPSA) is 186 Å². The highest BCUT2D eigenvalue weighted by Crippen LogP contribution is 2.52. The van der Waals surface area contributed by atoms with E-state index in [9.17, 15) is 29.7 Å². The fraction of sp³-hybridized carbons (Fsp3) is 0.333. The summed E-state index contributed by atoms with van der Waals surface area (Å²) in [5, 5.41) is 33.4. The summed E-state index contributed by atoms with van der Waals surface area (Å²) in [5.74, 6) is -5.38. The van der Waals surface area contributed by atoms with Crippen molar-refractivity contribution in [3.8, 4) is 17.0 Å². The molecule has 3 aliphatic rings. The van der Waals surface area contributed by atoms with Crippen LogP contribution in [0.1, 0.15) is 32.4 Å². The number of aromatic hydroxyl groups is 1. The fourth-order valence-electron chi connectivity index (χ4n) is 5.98. The zero-order valence-electron chi connectivity index (χ0n) is 20.5. The number of pyridine rings is 1. The Balaban J connectivity index is 0.00000178. The van der Waals surface area contributed by atoms with E-state index < -0.39 is 46.6 Å². The third-order valence-corrected chi connectivity index (χ3v) is 7.39. The van der Waals surface area contributed by atoms with Crippen LogP contribution in [-0.4, -0.2) is 62.2 Å². The maximum atomic E-state index is 13.7. The number of phenolic OH excluding ortho intramolecular Hbond substituents is 1. The highest BCUT2D eigenvalue weighted by molar-refractivity contribution is 6.21. The maximum Gasteiger partial charge on any atom is 0.255 e. The van der Waals surface area contributed by atoms with E-state index in [1.165, 1.54) is 0 Å². The van der Waals surface area contributed by atoms with Crippen molar-refractivity contribution in [3.05, 3.63) is 64.1 Å². The molecule has 0 radical (unpaired) electrons. The number of hydrogen-bond acceptors (Lipinski definition) is 8. The molecule has 1 fully saturated rings. The fourth-order valence-corrected chi connectivity index (χ4v) is 5.98. The minimum atomic E-state index is -1.14. The minimum absolute atomic E-state index is 0. The predicted octanol–water partition coefficient (Wildman–Crippen LogP) is 2.10. The lowest BCUT2D eigenvalue weighted by Gasteiger charge is -2.41. The van der Waals surface area contributed by atoms with Gasteiger partial charge in [0.2, 0.25) is 0 Å². The molecule has 2 aromatic rings. The van der Waals surface area contributed by atoms with Crippen LogP contribution in [0.2, 0.25) is 0 Å². The molecule has 0 bridgehead atoms. The summed E-state index contributed by atoms with van der Waals surface area (Å²) < 4.78 is 0. The number of aliphatic hydroxyl groups is 2. The van der Waals surface area contributed by atoms with Crippen LogP contribution in [0.3, 0.4) is 0 Å². The molecular formula is C27H33N3O7. The van der Waals surface area contributed by atoms with Crippen molar-refractivity contribution >= 4 is 23.2 Å². The first-order valence-electron chi connectivity index (χ1n) is 11.8. The molecule has 7 N–H and O–H groups in total. The van der Waals surface area contributed by atoms with E-state index in [2.05, 4.69) is 4.98 Å². The molecule has 1 amide bonds. The van der Waals surface area contributed by atoms with Crippen LogP contribution in [0.25, 0.3) is 17.0 Å². The molecule has 198 valence electrons. The molecule has 5 rings (SSSR count). The Kier molecular flexibility index (Phi) is 6.66. The van der Waals surface area contributed by atoms with Gasteiger partial charge in [0.05, 0.1) is 17.2 Å². The van der Waals surface area contributed by atoms with E-state index in [-0.39, 0.29) is 37.4 Å². The number of Topliss-reactive ketones (excluding diaryl/α,β-unsaturated/α-hetero) is 2. The predicted molar refractivity (Wildman–Crippen MR) is 138 cm³/mol. The van der Waals surface area contributed by atoms with Crippen molar-refractivity contribution in [3.63, 3.8) is 0 Å². The molecule has 1 saturated carbocycles. The second-order valence-electron chi connectivity index (χ2n) is 9.99. The number of amides is 1. The van der Waals surface area contributed by atoms with Crippen molar-refractivity contribution in [2.24, 2.45) is 23.5 Å². The molecule has 10 nitrogen and oxygen atoms in total. The number of phenols is 1. The van der Waals surface area contributed by atoms with Crippen molar-refractivity contribution in [1.82, 2.24) is 9.88 Å². The average molecular weight is 512 g/mol. The molecule has 1 aromatic heterocycles. The Morgan fingerprint density at radius 2 is 1.92 bits per heavy atom. The van der Waals surface area contributed by atoms with Gasteiger partial charge in [0.15, 0.2) is 11.6 Å². The van der Waals surface area contributed by atoms with Gasteiger partial charge >= 0.3 is 0 Å². The molecule has 3 atom stereocenters. The van der Waals surface area contributed by atoms with Gasteiger partial charge in [-0.25, -0.2) is 0 Å². The van der Waals surface area contributed by atoms with E-state index in [1.54, 1.807) is 12.3 Å². The second-order valence-corrected chi connectivity index (χ2v) is 9.99. The quantitative estimate of drug-likeness (QED) is 0.449. The number of ketones is 2. The summed E-state index contributed by atoms with van der Waals surface area (Å²) in [4.78, 5) is 44.3. The Morgan fingerprint density at radius 1 is 1.19 bits per heavy atom. The average Bonchev–Trinajstić information content (AvgIpc) is 2.80. The third kappa shape index (κ3) is 4.08. The standard InChI is InChI=1S/C27H27N3O6.H2O.2H2/c1-30(2)11-14-9-15(17-5-3-4-6-29-17)16-8-12-7-13-10-18(31)22(27(28)36)26(35)20(13)24(33)19(12)25(34)21(16)23(14)32;;;/h3-6,9,12-13,20,32,34-35H,7-8,10-11H2,1-2H3,(H2,28,36);1H2;2*1H. The van der Waals surface area contributed by atoms with E-state index in [0.717, 1.165) is 5.56 Å². The van der Waals surface area contributed by atoms with Crippen LogP contribution in [-0.2, 0) is 27.3 Å². The summed E-state index contributed by atoms with van der Waals surface area (Å²) >= 11 is 0. The van der Waals surface area contributed by atoms with E-state index >= 15 is 0 Å². The van der Waals surface area contributed by atoms with E-state index in [0.29, 0.717) is 36.2 Å². The molecule has 0 aliphatic heterocycles. The number of allylic oxidation sites excluding steroid dienone is 2. The molecule has 1 aromatic carbocycles. The van der Waals surface area contributed by atoms with Crippen LogP contribution < -0.4 is 5.73 Å². The van der Waals surface area contributed by atoms with Gasteiger partial charge in [-0.05, 0) is 62.5 Å². The molecule has 1 heterocycles. The van der Waals surface area contributed by atoms with E-state index in [4.69, 9.17) is 5.73 Å². The maximum absolute atomic E-state index is 13.7. The van der Waals surface area contributed by atoms with E-state index in [1.807, 2.05) is 37.2 Å². The van der Waals surface area contributed by atoms with Crippen molar-refractivity contribution in [1.29, 1.82) is 0 Å². The van der Waals surface area contributed by atoms with Gasteiger partial charge in [-0.1, -0.05) is 6.07 Å². The number of aromatic nitrogens is 1. The summed E-state index contributed by atoms with van der Waals surface area (Å²) in [6.45, 7) is 0.386. The summed E-state index contributed by atoms with van der Waals surface area (Å²) in [7, 11) is 3.71. The summed E-state index contributed by atoms with van der Waals surface area (Å²) in [6.07, 6.45) is 2.26. The molecule has 3 aliphatic carbocycles. The lowest BCUT2D eigenvalue weighted by atomic mass is 9.61. The van der Waals surface area contributed by atoms with Gasteiger partial charge < -0.3 is 31.4 Å². The Hall–Kier alpha value is -4.02. The van der Waals surface area contributed by atoms with Gasteiger partial charge in [-0.3, -0.25) is 19.4 Å². The molecule has 3 unspecified atom stereocenters. The lowest BCUT2D eigenvalue weighted by molar-refractivity contribution is -0.127. The number of nitrogens with zero attached hydrogens (tertiary/aromatic N) is 2. The Morgan fingerprint density at radius 3 is 2.54 bits per heavy atom. The number of hydrogen-bond donors (Lipinski definition) is 4. The van der Waals surface area contributed by atoms with Crippen molar-refractivity contribution < 1.29 is 38.0 Å². The summed E-state index contributed by atoms with van der Waals surface area (Å²) in [6, 6.07) is 7.36. The van der Waals surface area contributed by atoms with Crippen molar-refractivity contribution in [2.45, 2.75) is 25.8 Å². The molecule has 0 saturated heterocycles. The van der Waals surface area contributed by atoms with Gasteiger partial charge in [0, 0.05) is 38.7 Å². The Labute approximate surface area is 216 Å². The van der Waals surface area contributed by atoms with Gasteiger partial charge in [0.25, 0.3) is 5.91 Å². The zero-order chi connectivity index (χ0) is 25.9. The van der Waals surface area contributed by atoms with Gasteiger partial charge in [-0.2, -0.15) is 0 Å². The number of aliphatic hydroxyl groups excluding tert-OH is 2. The van der Waals surface area contributed by atoms with Crippen LogP contribution in [0.5, 0.6) is 5.75 Å². The lowest BCUT2D eigenvalue weighted by Crippen LogP contribution is -2.44. The number of nitrogens with two attached hydrogens (primary N) is 1. The molecule has 37 heavy (non-hydrogen) atoms. The third-order valence-electron chi connectivity index (χ3n) is 7.39. The number of carbonyl (C=O) groups excluding carboxylic acids is 3. The number of fused-ring (bicyclic) bond motifs is 3. The first-order chi connectivity index (χ1) is 17.1. The van der Waals surface area contributed by atoms with Gasteiger partial charge in [0.1, 0.15) is 22.8 Å². The normalized spacial score (nSPS) is 22.8. The minimum Gasteiger partial charge on any atom is -0.511 e. The second kappa shape index (κ2) is 9.45. The molecule has 10 heteroatoms. The first kappa shape index (κ1) is 26.1. The highest BCUT2D eigenvalue weighted by atomic mass is 16.3. The number of carbonyl (C=O) groups is 3. The first-order valence-corrected chi connectivity index (χ1v) is 11.8. The Bertz CT molecular complexity index is 1390. The number of primary amides is 1. The monoisotopic (exact) mass is 511 g/mol. The van der Waals surface area contributed by atoms with Gasteiger partial charge in [-0.15, -0.1) is 0 Å². The number of benzene rings is 1. The van der Waals surface area contributed by atoms with Crippen LogP contribution in [0.15, 0.2) is 47.4 Å². The number of rotatable bonds is 4. The van der Waals surface area contributed by atoms with Crippen molar-refractivity contribution in [2.75, 3.05) is 14.1 Å². The van der Waals surface area contributed by atoms with Crippen LogP contribution in [0.4, 0.5) is 0 Å². The summed E-state index contributed by atoms with van der Waals surface area (Å²) in [5.41, 5.74) is 7.67. The molecule has 0 spiro atoms. The SMILES string of the molecule is CN(C)Cc1cc(-c2ccccn2)c2c(c1O)C(O)=C1C(=O)C3C(O)=C(C(N)=O)C(=O)CC3CC1C2.O.[HH].[HH]. The highest BCUT2D eigenvalue weighted by Gasteiger charge is 2.51. The smallest absolute Gasteiger partial charge is 0.255 e.